The Morgan fingerprint density at radius 3 is 2.76 bits per heavy atom. The first-order valence-corrected chi connectivity index (χ1v) is 5.07. The number of carbonyl (C=O) groups excluding carboxylic acids is 1. The van der Waals surface area contributed by atoms with Gasteiger partial charge in [-0.05, 0) is 24.3 Å². The third kappa shape index (κ3) is 2.64. The van der Waals surface area contributed by atoms with E-state index in [0.29, 0.717) is 18.0 Å². The minimum Gasteiger partial charge on any atom is -0.274 e. The monoisotopic (exact) mass is 233 g/mol. The highest BCUT2D eigenvalue weighted by molar-refractivity contribution is 5.93. The normalized spacial score (nSPS) is 10.2. The molecule has 17 heavy (non-hydrogen) atoms. The largest absolute Gasteiger partial charge is 0.274 e. The summed E-state index contributed by atoms with van der Waals surface area (Å²) in [6.45, 7) is 2.21. The lowest BCUT2D eigenvalue weighted by atomic mass is 10.1. The smallest absolute Gasteiger partial charge is 0.274 e. The van der Waals surface area contributed by atoms with Crippen molar-refractivity contribution in [2.45, 2.75) is 6.92 Å². The van der Waals surface area contributed by atoms with Crippen LogP contribution in [0.3, 0.4) is 0 Å². The van der Waals surface area contributed by atoms with Crippen LogP contribution in [0.1, 0.15) is 17.3 Å². The van der Waals surface area contributed by atoms with Gasteiger partial charge in [0, 0.05) is 11.1 Å². The van der Waals surface area contributed by atoms with Crippen LogP contribution in [-0.2, 0) is 4.84 Å². The van der Waals surface area contributed by atoms with Crippen LogP contribution in [-0.4, -0.2) is 33.1 Å². The molecule has 0 aliphatic rings. The molecule has 0 saturated heterocycles. The summed E-state index contributed by atoms with van der Waals surface area (Å²) in [4.78, 5) is 16.3. The molecule has 2 N–H and O–H groups in total. The van der Waals surface area contributed by atoms with E-state index in [0.717, 1.165) is 5.56 Å². The van der Waals surface area contributed by atoms with Crippen molar-refractivity contribution in [3.63, 3.8) is 0 Å². The molecule has 2 rings (SSSR count). The maximum Gasteiger partial charge on any atom is 0.274 e. The van der Waals surface area contributed by atoms with Gasteiger partial charge in [-0.15, -0.1) is 10.2 Å². The molecular formula is C10H11N5O2. The molecule has 0 bridgehead atoms. The van der Waals surface area contributed by atoms with E-state index in [-0.39, 0.29) is 5.91 Å². The predicted octanol–water partition coefficient (Wildman–Crippen LogP) is 0.548. The van der Waals surface area contributed by atoms with Crippen molar-refractivity contribution in [1.29, 1.82) is 0 Å². The number of hydrogen-bond donors (Lipinski definition) is 2. The summed E-state index contributed by atoms with van der Waals surface area (Å²) in [5.74, 6) is 0.202. The van der Waals surface area contributed by atoms with Gasteiger partial charge in [-0.3, -0.25) is 9.63 Å². The van der Waals surface area contributed by atoms with Crippen molar-refractivity contribution in [2.75, 3.05) is 6.61 Å². The first-order valence-electron chi connectivity index (χ1n) is 5.07. The lowest BCUT2D eigenvalue weighted by Gasteiger charge is -2.03. The fourth-order valence-electron chi connectivity index (χ4n) is 1.25. The van der Waals surface area contributed by atoms with Crippen molar-refractivity contribution in [2.24, 2.45) is 0 Å². The average molecular weight is 233 g/mol. The molecule has 1 amide bonds. The zero-order valence-corrected chi connectivity index (χ0v) is 9.17. The van der Waals surface area contributed by atoms with Gasteiger partial charge in [-0.2, -0.15) is 5.21 Å². The van der Waals surface area contributed by atoms with Crippen molar-refractivity contribution in [3.8, 4) is 11.4 Å². The molecule has 88 valence electrons. The molecule has 2 aromatic rings. The second kappa shape index (κ2) is 5.17. The first kappa shape index (κ1) is 11.2. The van der Waals surface area contributed by atoms with Crippen LogP contribution in [0.5, 0.6) is 0 Å². The Hall–Kier alpha value is -2.28. The Labute approximate surface area is 97.1 Å². The summed E-state index contributed by atoms with van der Waals surface area (Å²) in [5.41, 5.74) is 3.60. The fraction of sp³-hybridized carbons (Fsp3) is 0.200. The van der Waals surface area contributed by atoms with E-state index in [1.807, 2.05) is 0 Å². The van der Waals surface area contributed by atoms with Gasteiger partial charge in [0.2, 0.25) is 5.82 Å². The summed E-state index contributed by atoms with van der Waals surface area (Å²) < 4.78 is 0. The van der Waals surface area contributed by atoms with E-state index in [1.165, 1.54) is 0 Å². The van der Waals surface area contributed by atoms with Crippen molar-refractivity contribution < 1.29 is 9.63 Å². The molecule has 1 aromatic carbocycles. The van der Waals surface area contributed by atoms with Crippen LogP contribution in [0.15, 0.2) is 24.3 Å². The van der Waals surface area contributed by atoms with Crippen LogP contribution in [0, 0.1) is 0 Å². The minimum atomic E-state index is -0.286. The van der Waals surface area contributed by atoms with Crippen LogP contribution in [0.2, 0.25) is 0 Å². The third-order valence-electron chi connectivity index (χ3n) is 2.06. The highest BCUT2D eigenvalue weighted by Gasteiger charge is 2.07. The number of nitrogens with one attached hydrogen (secondary N) is 2. The minimum absolute atomic E-state index is 0.286. The van der Waals surface area contributed by atoms with E-state index >= 15 is 0 Å². The number of hydroxylamine groups is 1. The lowest BCUT2D eigenvalue weighted by Crippen LogP contribution is -2.23. The number of amides is 1. The third-order valence-corrected chi connectivity index (χ3v) is 2.06. The number of aromatic nitrogens is 4. The predicted molar refractivity (Wildman–Crippen MR) is 58.7 cm³/mol. The Morgan fingerprint density at radius 2 is 2.18 bits per heavy atom. The number of rotatable bonds is 4. The molecule has 0 unspecified atom stereocenters. The zero-order valence-electron chi connectivity index (χ0n) is 9.17. The molecule has 1 heterocycles. The van der Waals surface area contributed by atoms with Gasteiger partial charge < -0.3 is 0 Å². The standard InChI is InChI=1S/C10H11N5O2/c1-2-17-13-10(16)8-5-3-7(4-6-8)9-11-14-15-12-9/h3-6H,2H2,1H3,(H,13,16)(H,11,12,14,15). The first-order chi connectivity index (χ1) is 8.31. The van der Waals surface area contributed by atoms with Gasteiger partial charge in [-0.1, -0.05) is 12.1 Å². The average Bonchev–Trinajstić information content (AvgIpc) is 2.90. The summed E-state index contributed by atoms with van der Waals surface area (Å²) in [7, 11) is 0. The Bertz CT molecular complexity index is 480. The summed E-state index contributed by atoms with van der Waals surface area (Å²) in [6.07, 6.45) is 0. The molecule has 0 aliphatic carbocycles. The van der Waals surface area contributed by atoms with Crippen molar-refractivity contribution in [3.05, 3.63) is 29.8 Å². The summed E-state index contributed by atoms with van der Waals surface area (Å²) >= 11 is 0. The molecule has 0 saturated carbocycles. The Kier molecular flexibility index (Phi) is 3.41. The van der Waals surface area contributed by atoms with Crippen LogP contribution in [0.4, 0.5) is 0 Å². The SMILES string of the molecule is CCONC(=O)c1ccc(-c2nn[nH]n2)cc1. The molecular weight excluding hydrogens is 222 g/mol. The van der Waals surface area contributed by atoms with Crippen LogP contribution >= 0.6 is 0 Å². The van der Waals surface area contributed by atoms with Gasteiger partial charge in [0.05, 0.1) is 6.61 Å². The van der Waals surface area contributed by atoms with Gasteiger partial charge >= 0.3 is 0 Å². The zero-order chi connectivity index (χ0) is 12.1. The lowest BCUT2D eigenvalue weighted by molar-refractivity contribution is 0.0364. The Balaban J connectivity index is 2.10. The van der Waals surface area contributed by atoms with Gasteiger partial charge in [-0.25, -0.2) is 5.48 Å². The van der Waals surface area contributed by atoms with E-state index < -0.39 is 0 Å². The second-order valence-corrected chi connectivity index (χ2v) is 3.18. The summed E-state index contributed by atoms with van der Waals surface area (Å²) in [5, 5.41) is 13.5. The van der Waals surface area contributed by atoms with Gasteiger partial charge in [0.25, 0.3) is 5.91 Å². The number of hydrogen-bond acceptors (Lipinski definition) is 5. The summed E-state index contributed by atoms with van der Waals surface area (Å²) in [6, 6.07) is 6.82. The quantitative estimate of drug-likeness (QED) is 0.752. The topological polar surface area (TPSA) is 92.8 Å². The van der Waals surface area contributed by atoms with Crippen LogP contribution < -0.4 is 5.48 Å². The van der Waals surface area contributed by atoms with E-state index in [4.69, 9.17) is 4.84 Å². The molecule has 0 aliphatic heterocycles. The van der Waals surface area contributed by atoms with Crippen LogP contribution in [0.25, 0.3) is 11.4 Å². The highest BCUT2D eigenvalue weighted by atomic mass is 16.6. The molecule has 1 aromatic heterocycles. The molecule has 0 atom stereocenters. The van der Waals surface area contributed by atoms with Gasteiger partial charge in [0.15, 0.2) is 0 Å². The van der Waals surface area contributed by atoms with E-state index in [9.17, 15) is 4.79 Å². The second-order valence-electron chi connectivity index (χ2n) is 3.18. The fourth-order valence-corrected chi connectivity index (χ4v) is 1.25. The number of H-pyrrole nitrogens is 1. The van der Waals surface area contributed by atoms with Crippen molar-refractivity contribution in [1.82, 2.24) is 26.1 Å². The van der Waals surface area contributed by atoms with E-state index in [1.54, 1.807) is 31.2 Å². The van der Waals surface area contributed by atoms with Crippen molar-refractivity contribution >= 4 is 5.91 Å². The molecule has 7 heteroatoms. The van der Waals surface area contributed by atoms with E-state index in [2.05, 4.69) is 26.1 Å². The molecule has 0 spiro atoms. The maximum absolute atomic E-state index is 11.5. The van der Waals surface area contributed by atoms with Gasteiger partial charge in [0.1, 0.15) is 0 Å². The highest BCUT2D eigenvalue weighted by Crippen LogP contribution is 2.13. The number of nitrogens with zero attached hydrogens (tertiary/aromatic N) is 3. The number of carbonyl (C=O) groups is 1. The molecule has 7 nitrogen and oxygen atoms in total. The number of aromatic amines is 1. The Morgan fingerprint density at radius 1 is 1.41 bits per heavy atom. The maximum atomic E-state index is 11.5. The molecule has 0 fully saturated rings. The number of benzene rings is 1. The number of tetrazole rings is 1. The molecule has 0 radical (unpaired) electrons.